The molecule has 7 heteroatoms. The summed E-state index contributed by atoms with van der Waals surface area (Å²) in [6.07, 6.45) is 1.83. The molecule has 0 amide bonds. The van der Waals surface area contributed by atoms with E-state index in [-0.39, 0.29) is 23.9 Å². The maximum absolute atomic E-state index is 12.8. The summed E-state index contributed by atoms with van der Waals surface area (Å²) in [5.41, 5.74) is 1.58. The predicted molar refractivity (Wildman–Crippen MR) is 106 cm³/mol. The normalized spacial score (nSPS) is 13.7. The molecule has 0 aliphatic carbocycles. The molecule has 0 radical (unpaired) electrons. The molecule has 0 bridgehead atoms. The molecule has 0 aromatic heterocycles. The Morgan fingerprint density at radius 1 is 1.00 bits per heavy atom. The van der Waals surface area contributed by atoms with Crippen LogP contribution in [-0.4, -0.2) is 33.1 Å². The van der Waals surface area contributed by atoms with Gasteiger partial charge in [-0.05, 0) is 31.2 Å². The Kier molecular flexibility index (Phi) is 5.77. The minimum atomic E-state index is -0.358. The van der Waals surface area contributed by atoms with Crippen LogP contribution < -0.4 is 23.7 Å². The SMILES string of the molecule is CCC(=O)Oc1ccc2c(c1C)O/C(=C\c1cc(OC)c(OC)cc1OC)C2=O. The number of fused-ring (bicyclic) bond motifs is 1. The van der Waals surface area contributed by atoms with Gasteiger partial charge in [0, 0.05) is 23.6 Å². The van der Waals surface area contributed by atoms with E-state index in [0.29, 0.717) is 45.4 Å². The average molecular weight is 398 g/mol. The molecule has 1 aliphatic rings. The second-order valence-electron chi connectivity index (χ2n) is 6.28. The smallest absolute Gasteiger partial charge is 0.310 e. The first-order valence-corrected chi connectivity index (χ1v) is 9.02. The van der Waals surface area contributed by atoms with Gasteiger partial charge in [-0.3, -0.25) is 9.59 Å². The summed E-state index contributed by atoms with van der Waals surface area (Å²) in [6.45, 7) is 3.45. The Balaban J connectivity index is 2.01. The Morgan fingerprint density at radius 2 is 1.66 bits per heavy atom. The quantitative estimate of drug-likeness (QED) is 0.414. The van der Waals surface area contributed by atoms with Crippen LogP contribution in [0.25, 0.3) is 6.08 Å². The first kappa shape index (κ1) is 20.3. The van der Waals surface area contributed by atoms with Gasteiger partial charge in [0.15, 0.2) is 17.3 Å². The van der Waals surface area contributed by atoms with E-state index >= 15 is 0 Å². The second-order valence-corrected chi connectivity index (χ2v) is 6.28. The zero-order valence-corrected chi connectivity index (χ0v) is 17.0. The van der Waals surface area contributed by atoms with E-state index in [9.17, 15) is 9.59 Å². The lowest BCUT2D eigenvalue weighted by molar-refractivity contribution is -0.134. The summed E-state index contributed by atoms with van der Waals surface area (Å²) in [7, 11) is 4.58. The molecule has 0 saturated heterocycles. The highest BCUT2D eigenvalue weighted by Gasteiger charge is 2.31. The first-order chi connectivity index (χ1) is 13.9. The van der Waals surface area contributed by atoms with Gasteiger partial charge in [-0.2, -0.15) is 0 Å². The number of carbonyl (C=O) groups is 2. The summed E-state index contributed by atoms with van der Waals surface area (Å²) in [6, 6.07) is 6.56. The fourth-order valence-electron chi connectivity index (χ4n) is 2.98. The number of ether oxygens (including phenoxy) is 5. The fourth-order valence-corrected chi connectivity index (χ4v) is 2.98. The van der Waals surface area contributed by atoms with Gasteiger partial charge in [0.25, 0.3) is 0 Å². The third-order valence-electron chi connectivity index (χ3n) is 4.57. The largest absolute Gasteiger partial charge is 0.496 e. The number of ketones is 1. The molecule has 0 saturated carbocycles. The number of esters is 1. The molecular formula is C22H22O7. The Hall–Kier alpha value is -3.48. The van der Waals surface area contributed by atoms with Crippen LogP contribution in [0.5, 0.6) is 28.7 Å². The molecule has 0 fully saturated rings. The standard InChI is InChI=1S/C22H22O7/c1-6-20(23)28-15-8-7-14-21(24)19(29-22(14)12(15)2)10-13-9-17(26-4)18(27-5)11-16(13)25-3/h7-11H,6H2,1-5H3/b19-10-. The highest BCUT2D eigenvalue weighted by Crippen LogP contribution is 2.41. The van der Waals surface area contributed by atoms with Gasteiger partial charge in [0.1, 0.15) is 17.2 Å². The van der Waals surface area contributed by atoms with Gasteiger partial charge in [0.05, 0.1) is 26.9 Å². The van der Waals surface area contributed by atoms with Gasteiger partial charge in [0.2, 0.25) is 5.78 Å². The first-order valence-electron chi connectivity index (χ1n) is 9.02. The van der Waals surface area contributed by atoms with Crippen molar-refractivity contribution in [3.63, 3.8) is 0 Å². The van der Waals surface area contributed by atoms with Crippen molar-refractivity contribution in [1.29, 1.82) is 0 Å². The lowest BCUT2D eigenvalue weighted by Crippen LogP contribution is -2.06. The van der Waals surface area contributed by atoms with Crippen molar-refractivity contribution >= 4 is 17.8 Å². The van der Waals surface area contributed by atoms with Crippen LogP contribution in [0.2, 0.25) is 0 Å². The zero-order chi connectivity index (χ0) is 21.1. The fraction of sp³-hybridized carbons (Fsp3) is 0.273. The Bertz CT molecular complexity index is 1000. The van der Waals surface area contributed by atoms with Crippen molar-refractivity contribution < 1.29 is 33.3 Å². The van der Waals surface area contributed by atoms with Crippen molar-refractivity contribution in [3.05, 3.63) is 46.7 Å². The van der Waals surface area contributed by atoms with Crippen molar-refractivity contribution in [3.8, 4) is 28.7 Å². The Morgan fingerprint density at radius 3 is 2.28 bits per heavy atom. The van der Waals surface area contributed by atoms with E-state index in [4.69, 9.17) is 23.7 Å². The molecular weight excluding hydrogens is 376 g/mol. The topological polar surface area (TPSA) is 80.3 Å². The summed E-state index contributed by atoms with van der Waals surface area (Å²) >= 11 is 0. The minimum absolute atomic E-state index is 0.132. The number of methoxy groups -OCH3 is 3. The van der Waals surface area contributed by atoms with Crippen molar-refractivity contribution in [2.24, 2.45) is 0 Å². The van der Waals surface area contributed by atoms with Crippen LogP contribution in [0, 0.1) is 6.92 Å². The van der Waals surface area contributed by atoms with Crippen molar-refractivity contribution in [2.75, 3.05) is 21.3 Å². The van der Waals surface area contributed by atoms with E-state index in [0.717, 1.165) is 0 Å². The van der Waals surface area contributed by atoms with Gasteiger partial charge in [-0.25, -0.2) is 0 Å². The number of benzene rings is 2. The third kappa shape index (κ3) is 3.76. The average Bonchev–Trinajstić information content (AvgIpc) is 3.05. The molecule has 152 valence electrons. The lowest BCUT2D eigenvalue weighted by Gasteiger charge is -2.12. The summed E-state index contributed by atoms with van der Waals surface area (Å²) in [5, 5.41) is 0. The molecule has 0 unspecified atom stereocenters. The number of rotatable bonds is 6. The van der Waals surface area contributed by atoms with Crippen LogP contribution in [-0.2, 0) is 4.79 Å². The highest BCUT2D eigenvalue weighted by molar-refractivity contribution is 6.15. The molecule has 0 N–H and O–H groups in total. The molecule has 3 rings (SSSR count). The third-order valence-corrected chi connectivity index (χ3v) is 4.57. The molecule has 2 aromatic rings. The number of carbonyl (C=O) groups excluding carboxylic acids is 2. The van der Waals surface area contributed by atoms with E-state index < -0.39 is 0 Å². The molecule has 1 aliphatic heterocycles. The molecule has 0 spiro atoms. The summed E-state index contributed by atoms with van der Waals surface area (Å²) < 4.78 is 27.1. The van der Waals surface area contributed by atoms with E-state index in [1.807, 2.05) is 0 Å². The van der Waals surface area contributed by atoms with Crippen LogP contribution in [0.4, 0.5) is 0 Å². The van der Waals surface area contributed by atoms with Gasteiger partial charge in [-0.15, -0.1) is 0 Å². The van der Waals surface area contributed by atoms with Crippen molar-refractivity contribution in [1.82, 2.24) is 0 Å². The van der Waals surface area contributed by atoms with E-state index in [1.54, 1.807) is 44.2 Å². The number of Topliss-reactive ketones (excluding diaryl/α,β-unsaturated/α-hetero) is 1. The molecule has 7 nitrogen and oxygen atoms in total. The zero-order valence-electron chi connectivity index (χ0n) is 17.0. The van der Waals surface area contributed by atoms with Gasteiger partial charge in [-0.1, -0.05) is 6.92 Å². The van der Waals surface area contributed by atoms with Crippen LogP contribution >= 0.6 is 0 Å². The maximum atomic E-state index is 12.8. The van der Waals surface area contributed by atoms with Crippen molar-refractivity contribution in [2.45, 2.75) is 20.3 Å². The van der Waals surface area contributed by atoms with E-state index in [2.05, 4.69) is 0 Å². The van der Waals surface area contributed by atoms with Gasteiger partial charge >= 0.3 is 5.97 Å². The number of allylic oxidation sites excluding steroid dienone is 1. The summed E-state index contributed by atoms with van der Waals surface area (Å²) in [4.78, 5) is 24.4. The van der Waals surface area contributed by atoms with Crippen LogP contribution in [0.1, 0.15) is 34.8 Å². The highest BCUT2D eigenvalue weighted by atomic mass is 16.5. The van der Waals surface area contributed by atoms with Crippen LogP contribution in [0.3, 0.4) is 0 Å². The monoisotopic (exact) mass is 398 g/mol. The Labute approximate surface area is 168 Å². The number of hydrogen-bond acceptors (Lipinski definition) is 7. The van der Waals surface area contributed by atoms with Crippen LogP contribution in [0.15, 0.2) is 30.0 Å². The molecule has 2 aromatic carbocycles. The predicted octanol–water partition coefficient (Wildman–Crippen LogP) is 3.95. The second kappa shape index (κ2) is 8.26. The molecule has 0 atom stereocenters. The lowest BCUT2D eigenvalue weighted by atomic mass is 10.1. The minimum Gasteiger partial charge on any atom is -0.496 e. The van der Waals surface area contributed by atoms with E-state index in [1.165, 1.54) is 21.3 Å². The van der Waals surface area contributed by atoms with Gasteiger partial charge < -0.3 is 23.7 Å². The number of hydrogen-bond donors (Lipinski definition) is 0. The molecule has 1 heterocycles. The maximum Gasteiger partial charge on any atom is 0.310 e. The molecule has 29 heavy (non-hydrogen) atoms. The summed E-state index contributed by atoms with van der Waals surface area (Å²) in [5.74, 6) is 1.75.